The Morgan fingerprint density at radius 1 is 1.21 bits per heavy atom. The molecule has 1 aliphatic heterocycles. The summed E-state index contributed by atoms with van der Waals surface area (Å²) in [6.45, 7) is 7.18. The number of likely N-dealkylation sites (tertiary alicyclic amines) is 1. The number of carbonyl (C=O) groups is 1. The summed E-state index contributed by atoms with van der Waals surface area (Å²) < 4.78 is 1.91. The molecule has 1 fully saturated rings. The average molecular weight is 377 g/mol. The molecule has 0 spiro atoms. The second kappa shape index (κ2) is 7.74. The van der Waals surface area contributed by atoms with Crippen molar-refractivity contribution in [2.45, 2.75) is 58.5 Å². The number of nitrogens with zero attached hydrogens (tertiary/aromatic N) is 4. The zero-order valence-corrected chi connectivity index (χ0v) is 16.9. The van der Waals surface area contributed by atoms with Crippen molar-refractivity contribution in [3.8, 4) is 11.3 Å². The lowest BCUT2D eigenvalue weighted by Crippen LogP contribution is -2.43. The minimum atomic E-state index is 0.111. The van der Waals surface area contributed by atoms with Gasteiger partial charge in [-0.15, -0.1) is 0 Å². The van der Waals surface area contributed by atoms with Crippen LogP contribution in [0.15, 0.2) is 42.6 Å². The fourth-order valence-corrected chi connectivity index (χ4v) is 4.18. The van der Waals surface area contributed by atoms with Crippen LogP contribution in [0.4, 0.5) is 0 Å². The first-order valence-corrected chi connectivity index (χ1v) is 10.3. The summed E-state index contributed by atoms with van der Waals surface area (Å²) in [5.74, 6) is 0.111. The van der Waals surface area contributed by atoms with Crippen molar-refractivity contribution in [3.05, 3.63) is 48.2 Å². The van der Waals surface area contributed by atoms with Gasteiger partial charge >= 0.3 is 0 Å². The molecular formula is C23H28N4O. The molecule has 0 saturated carbocycles. The van der Waals surface area contributed by atoms with Crippen LogP contribution in [0.2, 0.25) is 0 Å². The SMILES string of the molecule is CCC1CCCCN1C(=O)c1cc(-c2ccccc2)nc2c1cnn2C(C)C. The number of hydrogen-bond acceptors (Lipinski definition) is 3. The standard InChI is InChI=1S/C23H28N4O/c1-4-18-12-8-9-13-26(18)23(28)19-14-21(17-10-6-5-7-11-17)25-22-20(19)15-24-27(22)16(2)3/h5-7,10-11,14-16,18H,4,8-9,12-13H2,1-3H3. The van der Waals surface area contributed by atoms with Crippen molar-refractivity contribution in [1.82, 2.24) is 19.7 Å². The normalized spacial score (nSPS) is 17.4. The summed E-state index contributed by atoms with van der Waals surface area (Å²) in [7, 11) is 0. The van der Waals surface area contributed by atoms with E-state index in [9.17, 15) is 4.79 Å². The van der Waals surface area contributed by atoms with Crippen molar-refractivity contribution >= 4 is 16.9 Å². The largest absolute Gasteiger partial charge is 0.336 e. The molecule has 28 heavy (non-hydrogen) atoms. The van der Waals surface area contributed by atoms with Gasteiger partial charge in [0.15, 0.2) is 5.65 Å². The van der Waals surface area contributed by atoms with Crippen molar-refractivity contribution in [2.75, 3.05) is 6.54 Å². The molecule has 1 aromatic carbocycles. The Hall–Kier alpha value is -2.69. The number of fused-ring (bicyclic) bond motifs is 1. The number of piperidine rings is 1. The second-order valence-corrected chi connectivity index (χ2v) is 7.90. The molecule has 146 valence electrons. The van der Waals surface area contributed by atoms with Gasteiger partial charge in [-0.25, -0.2) is 9.67 Å². The van der Waals surface area contributed by atoms with Gasteiger partial charge in [0.25, 0.3) is 5.91 Å². The van der Waals surface area contributed by atoms with Gasteiger partial charge in [0.05, 0.1) is 22.8 Å². The van der Waals surface area contributed by atoms with E-state index in [0.29, 0.717) is 6.04 Å². The first-order valence-electron chi connectivity index (χ1n) is 10.3. The van der Waals surface area contributed by atoms with E-state index in [-0.39, 0.29) is 11.9 Å². The predicted octanol–water partition coefficient (Wildman–Crippen LogP) is 5.08. The molecular weight excluding hydrogens is 348 g/mol. The summed E-state index contributed by atoms with van der Waals surface area (Å²) in [5, 5.41) is 5.39. The third-order valence-electron chi connectivity index (χ3n) is 5.72. The number of hydrogen-bond donors (Lipinski definition) is 0. The molecule has 5 nitrogen and oxygen atoms in total. The summed E-state index contributed by atoms with van der Waals surface area (Å²) in [5.41, 5.74) is 3.34. The maximum Gasteiger partial charge on any atom is 0.254 e. The Kier molecular flexibility index (Phi) is 5.16. The molecule has 1 aliphatic rings. The lowest BCUT2D eigenvalue weighted by molar-refractivity contribution is 0.0610. The molecule has 4 rings (SSSR count). The van der Waals surface area contributed by atoms with E-state index in [1.165, 1.54) is 6.42 Å². The van der Waals surface area contributed by atoms with Crippen molar-refractivity contribution in [3.63, 3.8) is 0 Å². The maximum atomic E-state index is 13.6. The van der Waals surface area contributed by atoms with Gasteiger partial charge in [-0.05, 0) is 45.6 Å². The monoisotopic (exact) mass is 376 g/mol. The predicted molar refractivity (Wildman–Crippen MR) is 112 cm³/mol. The topological polar surface area (TPSA) is 51.0 Å². The van der Waals surface area contributed by atoms with Crippen LogP contribution in [0.25, 0.3) is 22.3 Å². The van der Waals surface area contributed by atoms with Crippen LogP contribution >= 0.6 is 0 Å². The van der Waals surface area contributed by atoms with Gasteiger partial charge in [0.1, 0.15) is 0 Å². The van der Waals surface area contributed by atoms with Gasteiger partial charge in [-0.2, -0.15) is 5.10 Å². The molecule has 3 heterocycles. The summed E-state index contributed by atoms with van der Waals surface area (Å²) in [6, 6.07) is 12.5. The van der Waals surface area contributed by atoms with Crippen molar-refractivity contribution in [2.24, 2.45) is 0 Å². The van der Waals surface area contributed by atoms with Gasteiger partial charge in [-0.1, -0.05) is 37.3 Å². The molecule has 0 aliphatic carbocycles. The maximum absolute atomic E-state index is 13.6. The second-order valence-electron chi connectivity index (χ2n) is 7.90. The lowest BCUT2D eigenvalue weighted by atomic mass is 9.98. The third-order valence-corrected chi connectivity index (χ3v) is 5.72. The smallest absolute Gasteiger partial charge is 0.254 e. The lowest BCUT2D eigenvalue weighted by Gasteiger charge is -2.35. The molecule has 0 radical (unpaired) electrons. The first kappa shape index (κ1) is 18.7. The molecule has 0 bridgehead atoms. The highest BCUT2D eigenvalue weighted by Gasteiger charge is 2.28. The zero-order valence-electron chi connectivity index (χ0n) is 16.9. The van der Waals surface area contributed by atoms with Crippen LogP contribution in [-0.4, -0.2) is 38.2 Å². The number of carbonyl (C=O) groups excluding carboxylic acids is 1. The van der Waals surface area contributed by atoms with E-state index < -0.39 is 0 Å². The number of aromatic nitrogens is 3. The van der Waals surface area contributed by atoms with Gasteiger partial charge in [0.2, 0.25) is 0 Å². The van der Waals surface area contributed by atoms with Gasteiger partial charge < -0.3 is 4.90 Å². The van der Waals surface area contributed by atoms with Crippen LogP contribution in [0, 0.1) is 0 Å². The Labute approximate surface area is 166 Å². The molecule has 2 aromatic heterocycles. The Balaban J connectivity index is 1.88. The third kappa shape index (κ3) is 3.30. The van der Waals surface area contributed by atoms with Crippen LogP contribution < -0.4 is 0 Å². The molecule has 1 amide bonds. The Morgan fingerprint density at radius 2 is 2.00 bits per heavy atom. The molecule has 1 atom stereocenters. The highest BCUT2D eigenvalue weighted by atomic mass is 16.2. The minimum absolute atomic E-state index is 0.111. The van der Waals surface area contributed by atoms with Crippen molar-refractivity contribution in [1.29, 1.82) is 0 Å². The van der Waals surface area contributed by atoms with Crippen LogP contribution in [0.1, 0.15) is 62.9 Å². The minimum Gasteiger partial charge on any atom is -0.336 e. The van der Waals surface area contributed by atoms with E-state index >= 15 is 0 Å². The van der Waals surface area contributed by atoms with Gasteiger partial charge in [-0.3, -0.25) is 4.79 Å². The van der Waals surface area contributed by atoms with E-state index in [1.807, 2.05) is 41.1 Å². The summed E-state index contributed by atoms with van der Waals surface area (Å²) >= 11 is 0. The van der Waals surface area contributed by atoms with Gasteiger partial charge in [0, 0.05) is 24.2 Å². The fraction of sp³-hybridized carbons (Fsp3) is 0.435. The van der Waals surface area contributed by atoms with Crippen molar-refractivity contribution < 1.29 is 4.79 Å². The highest BCUT2D eigenvalue weighted by molar-refractivity contribution is 6.06. The molecule has 0 N–H and O–H groups in total. The molecule has 3 aromatic rings. The fourth-order valence-electron chi connectivity index (χ4n) is 4.18. The summed E-state index contributed by atoms with van der Waals surface area (Å²) in [4.78, 5) is 20.6. The zero-order chi connectivity index (χ0) is 19.7. The quantitative estimate of drug-likeness (QED) is 0.638. The van der Waals surface area contributed by atoms with E-state index in [0.717, 1.165) is 53.7 Å². The van der Waals surface area contributed by atoms with Crippen LogP contribution in [-0.2, 0) is 0 Å². The number of amides is 1. The Bertz CT molecular complexity index is 977. The van der Waals surface area contributed by atoms with E-state index in [1.54, 1.807) is 6.20 Å². The highest BCUT2D eigenvalue weighted by Crippen LogP contribution is 2.29. The average Bonchev–Trinajstić information content (AvgIpc) is 3.17. The summed E-state index contributed by atoms with van der Waals surface area (Å²) in [6.07, 6.45) is 6.17. The van der Waals surface area contributed by atoms with Crippen LogP contribution in [0.5, 0.6) is 0 Å². The molecule has 1 unspecified atom stereocenters. The number of benzene rings is 1. The number of rotatable bonds is 4. The first-order chi connectivity index (χ1) is 13.6. The molecule has 5 heteroatoms. The van der Waals surface area contributed by atoms with E-state index in [4.69, 9.17) is 4.98 Å². The van der Waals surface area contributed by atoms with E-state index in [2.05, 4.69) is 30.8 Å². The Morgan fingerprint density at radius 3 is 2.71 bits per heavy atom. The van der Waals surface area contributed by atoms with Crippen LogP contribution in [0.3, 0.4) is 0 Å². The number of pyridine rings is 1. The molecule has 1 saturated heterocycles.